The van der Waals surface area contributed by atoms with Crippen LogP contribution in [0.3, 0.4) is 0 Å². The van der Waals surface area contributed by atoms with Gasteiger partial charge in [0, 0.05) is 10.3 Å². The molecular weight excluding hydrogens is 432 g/mol. The van der Waals surface area contributed by atoms with E-state index in [1.165, 1.54) is 11.8 Å². The summed E-state index contributed by atoms with van der Waals surface area (Å²) in [5, 5.41) is 0.959. The Balaban J connectivity index is 1.66. The Labute approximate surface area is 178 Å². The van der Waals surface area contributed by atoms with Crippen LogP contribution < -0.4 is 9.64 Å². The van der Waals surface area contributed by atoms with Gasteiger partial charge >= 0.3 is 0 Å². The molecular formula is C20H19ClN2O4S2. The molecule has 152 valence electrons. The SMILES string of the molecule is COc1ccccc1N1C(=NC(=O)Cc2ccc(Cl)cc2)S[C@@H]2CS(=O)(=O)C[C@H]21. The number of methoxy groups -OCH3 is 1. The van der Waals surface area contributed by atoms with Gasteiger partial charge in [-0.15, -0.1) is 0 Å². The van der Waals surface area contributed by atoms with Crippen molar-refractivity contribution in [3.8, 4) is 5.75 Å². The quantitative estimate of drug-likeness (QED) is 0.712. The lowest BCUT2D eigenvalue weighted by Gasteiger charge is -2.26. The Bertz CT molecular complexity index is 1070. The number of carbonyl (C=O) groups is 1. The van der Waals surface area contributed by atoms with Crippen molar-refractivity contribution in [3.63, 3.8) is 0 Å². The minimum atomic E-state index is -3.13. The Morgan fingerprint density at radius 3 is 2.66 bits per heavy atom. The third kappa shape index (κ3) is 4.29. The number of amides is 1. The first kappa shape index (κ1) is 20.3. The number of thioether (sulfide) groups is 1. The zero-order valence-corrected chi connectivity index (χ0v) is 18.0. The number of rotatable bonds is 4. The molecule has 9 heteroatoms. The molecule has 0 N–H and O–H groups in total. The lowest BCUT2D eigenvalue weighted by molar-refractivity contribution is -0.117. The van der Waals surface area contributed by atoms with Gasteiger partial charge in [-0.2, -0.15) is 4.99 Å². The summed E-state index contributed by atoms with van der Waals surface area (Å²) in [6, 6.07) is 14.1. The summed E-state index contributed by atoms with van der Waals surface area (Å²) in [4.78, 5) is 18.8. The molecule has 0 bridgehead atoms. The second-order valence-electron chi connectivity index (χ2n) is 6.93. The zero-order chi connectivity index (χ0) is 20.6. The van der Waals surface area contributed by atoms with Gasteiger partial charge in [0.25, 0.3) is 5.91 Å². The molecule has 2 aliphatic heterocycles. The highest BCUT2D eigenvalue weighted by atomic mass is 35.5. The average Bonchev–Trinajstić information content (AvgIpc) is 3.14. The monoisotopic (exact) mass is 450 g/mol. The van der Waals surface area contributed by atoms with E-state index in [1.807, 2.05) is 29.2 Å². The lowest BCUT2D eigenvalue weighted by Crippen LogP contribution is -2.38. The van der Waals surface area contributed by atoms with Crippen molar-refractivity contribution in [2.24, 2.45) is 4.99 Å². The van der Waals surface area contributed by atoms with Crippen molar-refractivity contribution < 1.29 is 17.9 Å². The van der Waals surface area contributed by atoms with Gasteiger partial charge in [0.2, 0.25) is 0 Å². The lowest BCUT2D eigenvalue weighted by atomic mass is 10.1. The number of amidine groups is 1. The summed E-state index contributed by atoms with van der Waals surface area (Å²) in [6.45, 7) is 0. The third-order valence-electron chi connectivity index (χ3n) is 4.90. The number of aliphatic imine (C=N–C) groups is 1. The summed E-state index contributed by atoms with van der Waals surface area (Å²) in [5.41, 5.74) is 1.53. The number of sulfone groups is 1. The number of benzene rings is 2. The van der Waals surface area contributed by atoms with Crippen LogP contribution in [0.1, 0.15) is 5.56 Å². The molecule has 2 saturated heterocycles. The predicted octanol–water partition coefficient (Wildman–Crippen LogP) is 3.19. The van der Waals surface area contributed by atoms with E-state index in [9.17, 15) is 13.2 Å². The minimum absolute atomic E-state index is 0.0348. The van der Waals surface area contributed by atoms with Crippen molar-refractivity contribution in [3.05, 3.63) is 59.1 Å². The first-order valence-corrected chi connectivity index (χ1v) is 12.1. The van der Waals surface area contributed by atoms with E-state index in [2.05, 4.69) is 4.99 Å². The topological polar surface area (TPSA) is 76.0 Å². The molecule has 0 unspecified atom stereocenters. The van der Waals surface area contributed by atoms with Gasteiger partial charge in [-0.1, -0.05) is 47.6 Å². The predicted molar refractivity (Wildman–Crippen MR) is 117 cm³/mol. The molecule has 0 radical (unpaired) electrons. The van der Waals surface area contributed by atoms with Gasteiger partial charge in [-0.05, 0) is 29.8 Å². The molecule has 6 nitrogen and oxygen atoms in total. The van der Waals surface area contributed by atoms with Crippen LogP contribution in [0.2, 0.25) is 5.02 Å². The Morgan fingerprint density at radius 2 is 1.93 bits per heavy atom. The van der Waals surface area contributed by atoms with E-state index in [-0.39, 0.29) is 35.1 Å². The van der Waals surface area contributed by atoms with Gasteiger partial charge < -0.3 is 9.64 Å². The summed E-state index contributed by atoms with van der Waals surface area (Å²) in [7, 11) is -1.56. The highest BCUT2D eigenvalue weighted by Gasteiger charge is 2.50. The summed E-state index contributed by atoms with van der Waals surface area (Å²) >= 11 is 7.24. The van der Waals surface area contributed by atoms with Crippen LogP contribution in [0.25, 0.3) is 0 Å². The molecule has 0 saturated carbocycles. The molecule has 1 amide bonds. The molecule has 2 heterocycles. The molecule has 2 aliphatic rings. The van der Waals surface area contributed by atoms with E-state index in [1.54, 1.807) is 31.4 Å². The molecule has 29 heavy (non-hydrogen) atoms. The van der Waals surface area contributed by atoms with E-state index >= 15 is 0 Å². The van der Waals surface area contributed by atoms with Gasteiger partial charge in [-0.25, -0.2) is 8.42 Å². The van der Waals surface area contributed by atoms with Crippen molar-refractivity contribution in [1.29, 1.82) is 0 Å². The number of anilines is 1. The molecule has 0 aromatic heterocycles. The Morgan fingerprint density at radius 1 is 1.21 bits per heavy atom. The normalized spacial score (nSPS) is 23.9. The second-order valence-corrected chi connectivity index (χ2v) is 10.7. The average molecular weight is 451 g/mol. The van der Waals surface area contributed by atoms with Crippen LogP contribution in [0.15, 0.2) is 53.5 Å². The summed E-state index contributed by atoms with van der Waals surface area (Å²) < 4.78 is 29.8. The van der Waals surface area contributed by atoms with Crippen LogP contribution in [0.5, 0.6) is 5.75 Å². The number of fused-ring (bicyclic) bond motifs is 1. The van der Waals surface area contributed by atoms with Crippen LogP contribution in [-0.4, -0.2) is 49.4 Å². The Kier molecular flexibility index (Phi) is 5.59. The fourth-order valence-electron chi connectivity index (χ4n) is 3.60. The highest BCUT2D eigenvalue weighted by Crippen LogP contribution is 2.43. The first-order chi connectivity index (χ1) is 13.9. The van der Waals surface area contributed by atoms with Gasteiger partial charge in [0.1, 0.15) is 5.75 Å². The maximum atomic E-state index is 12.6. The fourth-order valence-corrected chi connectivity index (χ4v) is 7.65. The van der Waals surface area contributed by atoms with Crippen molar-refractivity contribution in [2.45, 2.75) is 17.7 Å². The minimum Gasteiger partial charge on any atom is -0.495 e. The fraction of sp³-hybridized carbons (Fsp3) is 0.300. The van der Waals surface area contributed by atoms with E-state index in [4.69, 9.17) is 16.3 Å². The van der Waals surface area contributed by atoms with Crippen LogP contribution in [-0.2, 0) is 21.1 Å². The standard InChI is InChI=1S/C20H19ClN2O4S2/c1-27-17-5-3-2-4-15(17)23-16-11-29(25,26)12-18(16)28-20(23)22-19(24)10-13-6-8-14(21)9-7-13/h2-9,16,18H,10-12H2,1H3/t16-,18-/m1/s1. The van der Waals surface area contributed by atoms with E-state index in [0.29, 0.717) is 21.6 Å². The number of hydrogen-bond acceptors (Lipinski definition) is 5. The number of ether oxygens (including phenoxy) is 1. The van der Waals surface area contributed by atoms with Crippen molar-refractivity contribution in [1.82, 2.24) is 0 Å². The van der Waals surface area contributed by atoms with Crippen molar-refractivity contribution >= 4 is 50.0 Å². The summed E-state index contributed by atoms with van der Waals surface area (Å²) in [6.07, 6.45) is 0.147. The van der Waals surface area contributed by atoms with Crippen molar-refractivity contribution in [2.75, 3.05) is 23.5 Å². The number of nitrogens with zero attached hydrogens (tertiary/aromatic N) is 2. The molecule has 2 aromatic carbocycles. The van der Waals surface area contributed by atoms with E-state index in [0.717, 1.165) is 5.56 Å². The third-order valence-corrected chi connectivity index (χ3v) is 8.36. The van der Waals surface area contributed by atoms with E-state index < -0.39 is 9.84 Å². The number of hydrogen-bond donors (Lipinski definition) is 0. The molecule has 2 fully saturated rings. The van der Waals surface area contributed by atoms with Gasteiger partial charge in [0.15, 0.2) is 15.0 Å². The smallest absolute Gasteiger partial charge is 0.252 e. The van der Waals surface area contributed by atoms with Gasteiger partial charge in [-0.3, -0.25) is 4.79 Å². The van der Waals surface area contributed by atoms with Crippen LogP contribution in [0.4, 0.5) is 5.69 Å². The zero-order valence-electron chi connectivity index (χ0n) is 15.6. The van der Waals surface area contributed by atoms with Gasteiger partial charge in [0.05, 0.1) is 36.8 Å². The first-order valence-electron chi connectivity index (χ1n) is 9.01. The maximum absolute atomic E-state index is 12.6. The molecule has 0 spiro atoms. The molecule has 0 aliphatic carbocycles. The number of halogens is 1. The number of carbonyl (C=O) groups excluding carboxylic acids is 1. The maximum Gasteiger partial charge on any atom is 0.252 e. The molecule has 2 atom stereocenters. The molecule has 4 rings (SSSR count). The van der Waals surface area contributed by atoms with Crippen LogP contribution in [0, 0.1) is 0 Å². The Hall–Kier alpha value is -2.03. The molecule has 2 aromatic rings. The highest BCUT2D eigenvalue weighted by molar-refractivity contribution is 8.16. The summed E-state index contributed by atoms with van der Waals surface area (Å²) in [5.74, 6) is 0.430. The largest absolute Gasteiger partial charge is 0.495 e. The number of para-hydroxylation sites is 2. The second kappa shape index (κ2) is 8.01. The van der Waals surface area contributed by atoms with Crippen LogP contribution >= 0.6 is 23.4 Å².